The molecule has 1 aromatic carbocycles. The van der Waals surface area contributed by atoms with Gasteiger partial charge in [0, 0.05) is 16.0 Å². The number of aromatic nitrogens is 1. The zero-order chi connectivity index (χ0) is 17.1. The predicted octanol–water partition coefficient (Wildman–Crippen LogP) is 2.29. The van der Waals surface area contributed by atoms with Crippen LogP contribution in [0, 0.1) is 9.49 Å². The first kappa shape index (κ1) is 16.2. The molecule has 120 valence electrons. The number of aliphatic imine (C=N–C) groups is 1. The molecule has 4 amide bonds. The molecule has 3 rings (SSSR count). The van der Waals surface area contributed by atoms with E-state index in [1.165, 1.54) is 12.4 Å². The summed E-state index contributed by atoms with van der Waals surface area (Å²) in [4.78, 5) is 45.5. The number of urea groups is 1. The molecule has 7 nitrogen and oxygen atoms in total. The molecule has 8 heteroatoms. The molecule has 0 saturated carbocycles. The van der Waals surface area contributed by atoms with Crippen molar-refractivity contribution in [3.8, 4) is 0 Å². The fourth-order valence-electron chi connectivity index (χ4n) is 2.15. The van der Waals surface area contributed by atoms with Crippen LogP contribution in [0.4, 0.5) is 16.2 Å². The summed E-state index contributed by atoms with van der Waals surface area (Å²) >= 11 is 2.12. The van der Waals surface area contributed by atoms with E-state index >= 15 is 0 Å². The maximum atomic E-state index is 12.6. The van der Waals surface area contributed by atoms with Gasteiger partial charge in [0.05, 0.1) is 17.6 Å². The van der Waals surface area contributed by atoms with Crippen LogP contribution >= 0.6 is 22.6 Å². The minimum atomic E-state index is -1.18. The van der Waals surface area contributed by atoms with Gasteiger partial charge in [0.25, 0.3) is 5.91 Å². The number of amides is 4. The third-order valence-corrected chi connectivity index (χ3v) is 4.02. The lowest BCUT2D eigenvalue weighted by Crippen LogP contribution is -2.58. The van der Waals surface area contributed by atoms with Crippen LogP contribution in [0.5, 0.6) is 0 Å². The van der Waals surface area contributed by atoms with Crippen molar-refractivity contribution in [1.82, 2.24) is 10.3 Å². The summed E-state index contributed by atoms with van der Waals surface area (Å²) < 4.78 is 0.965. The van der Waals surface area contributed by atoms with Gasteiger partial charge in [0.1, 0.15) is 0 Å². The highest BCUT2D eigenvalue weighted by atomic mass is 127. The number of rotatable bonds is 3. The van der Waals surface area contributed by atoms with Crippen LogP contribution in [0.2, 0.25) is 0 Å². The number of benzene rings is 1. The Morgan fingerprint density at radius 3 is 2.58 bits per heavy atom. The van der Waals surface area contributed by atoms with E-state index in [2.05, 4.69) is 37.9 Å². The molecule has 1 aromatic heterocycles. The summed E-state index contributed by atoms with van der Waals surface area (Å²) in [6.07, 6.45) is 4.32. The minimum absolute atomic E-state index is 0.394. The Labute approximate surface area is 150 Å². The topological polar surface area (TPSA) is 91.7 Å². The fourth-order valence-corrected chi connectivity index (χ4v) is 2.51. The number of carbonyl (C=O) groups excluding carboxylic acids is 3. The van der Waals surface area contributed by atoms with Gasteiger partial charge in [-0.05, 0) is 59.0 Å². The Kier molecular flexibility index (Phi) is 4.65. The van der Waals surface area contributed by atoms with E-state index in [0.717, 1.165) is 8.47 Å². The van der Waals surface area contributed by atoms with Crippen LogP contribution in [-0.2, 0) is 9.59 Å². The number of imide groups is 2. The lowest BCUT2D eigenvalue weighted by Gasteiger charge is -2.28. The number of hydrogen-bond donors (Lipinski definition) is 1. The van der Waals surface area contributed by atoms with Crippen LogP contribution in [-0.4, -0.2) is 29.0 Å². The second-order valence-electron chi connectivity index (χ2n) is 4.91. The van der Waals surface area contributed by atoms with Crippen molar-refractivity contribution in [3.05, 3.63) is 52.4 Å². The number of pyridine rings is 1. The number of carbonyl (C=O) groups is 3. The largest absolute Gasteiger partial charge is 0.335 e. The van der Waals surface area contributed by atoms with E-state index in [1.54, 1.807) is 42.6 Å². The second kappa shape index (κ2) is 6.87. The van der Waals surface area contributed by atoms with Gasteiger partial charge in [-0.25, -0.2) is 9.69 Å². The summed E-state index contributed by atoms with van der Waals surface area (Å²) in [5.74, 6) is -2.51. The molecular formula is C16H11IN4O3. The third-order valence-electron chi connectivity index (χ3n) is 3.31. The summed E-state index contributed by atoms with van der Waals surface area (Å²) in [7, 11) is 0. The van der Waals surface area contributed by atoms with E-state index in [0.29, 0.717) is 11.4 Å². The maximum absolute atomic E-state index is 12.6. The van der Waals surface area contributed by atoms with Gasteiger partial charge in [-0.3, -0.25) is 24.9 Å². The van der Waals surface area contributed by atoms with E-state index in [-0.39, 0.29) is 0 Å². The second-order valence-corrected chi connectivity index (χ2v) is 6.16. The third kappa shape index (κ3) is 3.32. The van der Waals surface area contributed by atoms with Crippen molar-refractivity contribution in [2.24, 2.45) is 10.9 Å². The van der Waals surface area contributed by atoms with Gasteiger partial charge in [0.2, 0.25) is 5.91 Å². The predicted molar refractivity (Wildman–Crippen MR) is 96.1 cm³/mol. The lowest BCUT2D eigenvalue weighted by atomic mass is 10.1. The highest BCUT2D eigenvalue weighted by Crippen LogP contribution is 2.21. The van der Waals surface area contributed by atoms with E-state index in [4.69, 9.17) is 0 Å². The Balaban J connectivity index is 1.88. The molecule has 2 aromatic rings. The Morgan fingerprint density at radius 2 is 1.92 bits per heavy atom. The molecule has 1 aliphatic rings. The molecule has 0 bridgehead atoms. The summed E-state index contributed by atoms with van der Waals surface area (Å²) in [6, 6.07) is 9.44. The van der Waals surface area contributed by atoms with Crippen molar-refractivity contribution in [1.29, 1.82) is 0 Å². The van der Waals surface area contributed by atoms with Crippen molar-refractivity contribution in [2.75, 3.05) is 4.90 Å². The summed E-state index contributed by atoms with van der Waals surface area (Å²) in [5, 5.41) is 2.18. The number of nitrogens with one attached hydrogen (secondary N) is 1. The molecule has 0 aliphatic carbocycles. The van der Waals surface area contributed by atoms with E-state index in [1.807, 2.05) is 0 Å². The molecule has 1 aliphatic heterocycles. The first-order chi connectivity index (χ1) is 11.6. The molecule has 1 atom stereocenters. The molecular weight excluding hydrogens is 423 g/mol. The number of nitrogens with zero attached hydrogens (tertiary/aromatic N) is 3. The van der Waals surface area contributed by atoms with Crippen LogP contribution in [0.25, 0.3) is 0 Å². The summed E-state index contributed by atoms with van der Waals surface area (Å²) in [6.45, 7) is 0. The van der Waals surface area contributed by atoms with Gasteiger partial charge in [-0.15, -0.1) is 0 Å². The van der Waals surface area contributed by atoms with E-state index < -0.39 is 23.8 Å². The molecule has 0 spiro atoms. The molecule has 1 N–H and O–H groups in total. The first-order valence-corrected chi connectivity index (χ1v) is 8.03. The van der Waals surface area contributed by atoms with E-state index in [9.17, 15) is 14.4 Å². The monoisotopic (exact) mass is 434 g/mol. The number of barbiturate groups is 1. The Morgan fingerprint density at radius 1 is 1.17 bits per heavy atom. The maximum Gasteiger partial charge on any atom is 0.335 e. The normalized spacial score (nSPS) is 18.1. The quantitative estimate of drug-likeness (QED) is 0.456. The molecule has 0 radical (unpaired) electrons. The molecule has 2 heterocycles. The zero-order valence-corrected chi connectivity index (χ0v) is 14.4. The van der Waals surface area contributed by atoms with Crippen LogP contribution < -0.4 is 10.2 Å². The molecule has 0 unspecified atom stereocenters. The van der Waals surface area contributed by atoms with Crippen LogP contribution in [0.15, 0.2) is 53.8 Å². The number of hydrogen-bond acceptors (Lipinski definition) is 5. The average Bonchev–Trinajstić information content (AvgIpc) is 2.57. The average molecular weight is 434 g/mol. The highest BCUT2D eigenvalue weighted by Gasteiger charge is 2.40. The van der Waals surface area contributed by atoms with Crippen molar-refractivity contribution < 1.29 is 14.4 Å². The number of halogens is 1. The first-order valence-electron chi connectivity index (χ1n) is 6.95. The fraction of sp³-hybridized carbons (Fsp3) is 0.0625. The SMILES string of the molecule is O=C1NC(=O)N(c2ccc(I)cc2)C(=O)[C@H]1C=Nc1cccnc1. The minimum Gasteiger partial charge on any atom is -0.276 e. The van der Waals surface area contributed by atoms with Crippen LogP contribution in [0.1, 0.15) is 0 Å². The van der Waals surface area contributed by atoms with Gasteiger partial charge in [-0.1, -0.05) is 0 Å². The smallest absolute Gasteiger partial charge is 0.276 e. The molecule has 1 fully saturated rings. The van der Waals surface area contributed by atoms with Gasteiger partial charge >= 0.3 is 6.03 Å². The van der Waals surface area contributed by atoms with Crippen molar-refractivity contribution in [3.63, 3.8) is 0 Å². The number of anilines is 1. The molecule has 24 heavy (non-hydrogen) atoms. The van der Waals surface area contributed by atoms with Crippen LogP contribution in [0.3, 0.4) is 0 Å². The van der Waals surface area contributed by atoms with Crippen molar-refractivity contribution in [2.45, 2.75) is 0 Å². The van der Waals surface area contributed by atoms with Gasteiger partial charge < -0.3 is 0 Å². The highest BCUT2D eigenvalue weighted by molar-refractivity contribution is 14.1. The van der Waals surface area contributed by atoms with Crippen molar-refractivity contribution >= 4 is 58.0 Å². The Bertz CT molecular complexity index is 821. The Hall–Kier alpha value is -2.62. The van der Waals surface area contributed by atoms with Gasteiger partial charge in [-0.2, -0.15) is 0 Å². The van der Waals surface area contributed by atoms with Gasteiger partial charge in [0.15, 0.2) is 5.92 Å². The molecule has 1 saturated heterocycles. The summed E-state index contributed by atoms with van der Waals surface area (Å²) in [5.41, 5.74) is 0.904. The lowest BCUT2D eigenvalue weighted by molar-refractivity contribution is -0.131. The zero-order valence-electron chi connectivity index (χ0n) is 12.2. The standard InChI is InChI=1S/C16H11IN4O3/c17-10-3-5-12(6-4-10)21-15(23)13(14(22)20-16(21)24)9-19-11-2-1-7-18-8-11/h1-9,13H,(H,20,22,24)/t13-/m0/s1.